The van der Waals surface area contributed by atoms with Crippen molar-refractivity contribution < 1.29 is 13.9 Å². The van der Waals surface area contributed by atoms with Gasteiger partial charge in [-0.05, 0) is 44.9 Å². The van der Waals surface area contributed by atoms with Crippen LogP contribution < -0.4 is 4.90 Å². The lowest BCUT2D eigenvalue weighted by molar-refractivity contribution is -0.167. The quantitative estimate of drug-likeness (QED) is 0.718. The standard InChI is InChI=1S/C15H18FNO2/c1-14(2)18-13-11-9-10(16)3-4-12(11)17-7-5-15(13,19-14)6-8-17/h3-4,9,13H,5-8H2,1-2H3. The first kappa shape index (κ1) is 11.7. The molecule has 0 radical (unpaired) electrons. The van der Waals surface area contributed by atoms with Gasteiger partial charge in [0.15, 0.2) is 5.79 Å². The van der Waals surface area contributed by atoms with Gasteiger partial charge in [-0.1, -0.05) is 0 Å². The number of rotatable bonds is 0. The third-order valence-electron chi connectivity index (χ3n) is 4.55. The maximum Gasteiger partial charge on any atom is 0.164 e. The number of fused-ring (bicyclic) bond motifs is 2. The molecule has 0 aromatic heterocycles. The highest BCUT2D eigenvalue weighted by molar-refractivity contribution is 5.58. The molecule has 0 N–H and O–H groups in total. The minimum absolute atomic E-state index is 0.152. The van der Waals surface area contributed by atoms with E-state index in [2.05, 4.69) is 4.90 Å². The van der Waals surface area contributed by atoms with E-state index in [0.29, 0.717) is 0 Å². The van der Waals surface area contributed by atoms with Gasteiger partial charge in [0, 0.05) is 24.3 Å². The van der Waals surface area contributed by atoms with Gasteiger partial charge in [-0.3, -0.25) is 0 Å². The number of piperidine rings is 1. The molecule has 3 nitrogen and oxygen atoms in total. The largest absolute Gasteiger partial charge is 0.371 e. The van der Waals surface area contributed by atoms with Gasteiger partial charge in [-0.2, -0.15) is 0 Å². The van der Waals surface area contributed by atoms with E-state index in [1.165, 1.54) is 6.07 Å². The molecule has 1 atom stereocenters. The number of ether oxygens (including phenoxy) is 2. The lowest BCUT2D eigenvalue weighted by Crippen LogP contribution is -2.45. The van der Waals surface area contributed by atoms with Crippen LogP contribution in [0.15, 0.2) is 18.2 Å². The Morgan fingerprint density at radius 2 is 2.00 bits per heavy atom. The summed E-state index contributed by atoms with van der Waals surface area (Å²) >= 11 is 0. The van der Waals surface area contributed by atoms with Gasteiger partial charge in [0.2, 0.25) is 0 Å². The molecule has 1 unspecified atom stereocenters. The smallest absolute Gasteiger partial charge is 0.164 e. The molecule has 2 saturated heterocycles. The molecule has 4 aliphatic rings. The van der Waals surface area contributed by atoms with Crippen molar-refractivity contribution in [3.63, 3.8) is 0 Å². The number of benzene rings is 1. The third-order valence-corrected chi connectivity index (χ3v) is 4.55. The minimum atomic E-state index is -0.590. The van der Waals surface area contributed by atoms with E-state index < -0.39 is 5.79 Å². The van der Waals surface area contributed by atoms with E-state index in [9.17, 15) is 4.39 Å². The zero-order valence-corrected chi connectivity index (χ0v) is 11.3. The molecule has 1 spiro atoms. The van der Waals surface area contributed by atoms with Crippen LogP contribution in [0.3, 0.4) is 0 Å². The average Bonchev–Trinajstić information content (AvgIpc) is 2.49. The van der Waals surface area contributed by atoms with Crippen LogP contribution >= 0.6 is 0 Å². The van der Waals surface area contributed by atoms with Crippen LogP contribution in [0.1, 0.15) is 38.4 Å². The molecule has 5 rings (SSSR count). The Morgan fingerprint density at radius 1 is 1.26 bits per heavy atom. The lowest BCUT2D eigenvalue weighted by Gasteiger charge is -2.37. The second kappa shape index (κ2) is 3.49. The summed E-state index contributed by atoms with van der Waals surface area (Å²) in [6.07, 6.45) is 1.73. The maximum absolute atomic E-state index is 13.6. The van der Waals surface area contributed by atoms with E-state index >= 15 is 0 Å². The molecule has 4 heteroatoms. The van der Waals surface area contributed by atoms with E-state index in [0.717, 1.165) is 37.2 Å². The summed E-state index contributed by atoms with van der Waals surface area (Å²) in [6.45, 7) is 5.80. The van der Waals surface area contributed by atoms with Crippen molar-refractivity contribution in [1.82, 2.24) is 0 Å². The number of nitrogens with zero attached hydrogens (tertiary/aromatic N) is 1. The number of hydrogen-bond donors (Lipinski definition) is 0. The third kappa shape index (κ3) is 1.56. The van der Waals surface area contributed by atoms with Gasteiger partial charge in [-0.25, -0.2) is 4.39 Å². The van der Waals surface area contributed by atoms with E-state index in [4.69, 9.17) is 9.47 Å². The molecule has 0 amide bonds. The van der Waals surface area contributed by atoms with Crippen LogP contribution in [0.5, 0.6) is 0 Å². The average molecular weight is 263 g/mol. The van der Waals surface area contributed by atoms with Crippen molar-refractivity contribution in [2.24, 2.45) is 0 Å². The minimum Gasteiger partial charge on any atom is -0.371 e. The number of hydrogen-bond acceptors (Lipinski definition) is 3. The summed E-state index contributed by atoms with van der Waals surface area (Å²) in [6, 6.07) is 5.02. The zero-order valence-electron chi connectivity index (χ0n) is 11.3. The van der Waals surface area contributed by atoms with Crippen molar-refractivity contribution in [2.75, 3.05) is 18.0 Å². The summed E-state index contributed by atoms with van der Waals surface area (Å²) < 4.78 is 26.0. The molecule has 2 fully saturated rings. The summed E-state index contributed by atoms with van der Waals surface area (Å²) in [5, 5.41) is 0. The first-order chi connectivity index (χ1) is 8.99. The van der Waals surface area contributed by atoms with Crippen LogP contribution in [-0.4, -0.2) is 24.5 Å². The summed E-state index contributed by atoms with van der Waals surface area (Å²) in [5.41, 5.74) is 1.77. The normalized spacial score (nSPS) is 34.9. The van der Waals surface area contributed by atoms with Crippen LogP contribution in [0.25, 0.3) is 0 Å². The second-order valence-corrected chi connectivity index (χ2v) is 6.25. The fourth-order valence-electron chi connectivity index (χ4n) is 3.82. The molecule has 4 heterocycles. The Labute approximate surface area is 112 Å². The van der Waals surface area contributed by atoms with Crippen molar-refractivity contribution in [1.29, 1.82) is 0 Å². The van der Waals surface area contributed by atoms with E-state index in [1.807, 2.05) is 19.9 Å². The molecule has 1 aromatic carbocycles. The summed E-state index contributed by atoms with van der Waals surface area (Å²) in [7, 11) is 0. The van der Waals surface area contributed by atoms with Crippen molar-refractivity contribution in [3.05, 3.63) is 29.6 Å². The van der Waals surface area contributed by atoms with Crippen LogP contribution in [-0.2, 0) is 9.47 Å². The first-order valence-electron chi connectivity index (χ1n) is 6.92. The molecule has 19 heavy (non-hydrogen) atoms. The number of anilines is 1. The Morgan fingerprint density at radius 3 is 2.74 bits per heavy atom. The second-order valence-electron chi connectivity index (χ2n) is 6.25. The number of halogens is 1. The van der Waals surface area contributed by atoms with Gasteiger partial charge >= 0.3 is 0 Å². The van der Waals surface area contributed by atoms with Crippen molar-refractivity contribution in [3.8, 4) is 0 Å². The Bertz CT molecular complexity index is 535. The van der Waals surface area contributed by atoms with E-state index in [-0.39, 0.29) is 17.5 Å². The molecule has 1 aromatic rings. The van der Waals surface area contributed by atoms with Crippen molar-refractivity contribution in [2.45, 2.75) is 44.2 Å². The fraction of sp³-hybridized carbons (Fsp3) is 0.600. The molecule has 102 valence electrons. The molecular formula is C15H18FNO2. The fourth-order valence-corrected chi connectivity index (χ4v) is 3.82. The molecule has 4 aliphatic heterocycles. The highest BCUT2D eigenvalue weighted by Crippen LogP contribution is 2.55. The van der Waals surface area contributed by atoms with E-state index in [1.54, 1.807) is 6.07 Å². The van der Waals surface area contributed by atoms with Gasteiger partial charge in [0.25, 0.3) is 0 Å². The first-order valence-corrected chi connectivity index (χ1v) is 6.92. The Hall–Kier alpha value is -1.13. The monoisotopic (exact) mass is 263 g/mol. The van der Waals surface area contributed by atoms with Crippen LogP contribution in [0.2, 0.25) is 0 Å². The zero-order chi connectivity index (χ0) is 13.3. The van der Waals surface area contributed by atoms with Crippen LogP contribution in [0.4, 0.5) is 10.1 Å². The Kier molecular flexibility index (Phi) is 2.15. The van der Waals surface area contributed by atoms with Gasteiger partial charge in [0.1, 0.15) is 17.5 Å². The summed E-state index contributed by atoms with van der Waals surface area (Å²) in [5.74, 6) is -0.793. The highest BCUT2D eigenvalue weighted by atomic mass is 19.1. The SMILES string of the molecule is CC1(C)OC2c3cc(F)ccc3N3CCC2(CC3)O1. The van der Waals surface area contributed by atoms with Gasteiger partial charge < -0.3 is 14.4 Å². The Balaban J connectivity index is 1.92. The predicted molar refractivity (Wildman–Crippen MR) is 69.6 cm³/mol. The molecule has 2 bridgehead atoms. The maximum atomic E-state index is 13.6. The van der Waals surface area contributed by atoms with Gasteiger partial charge in [-0.15, -0.1) is 0 Å². The topological polar surface area (TPSA) is 21.7 Å². The van der Waals surface area contributed by atoms with Gasteiger partial charge in [0.05, 0.1) is 0 Å². The highest BCUT2D eigenvalue weighted by Gasteiger charge is 2.57. The molecular weight excluding hydrogens is 245 g/mol. The lowest BCUT2D eigenvalue weighted by atomic mass is 9.85. The van der Waals surface area contributed by atoms with Crippen molar-refractivity contribution >= 4 is 5.69 Å². The predicted octanol–water partition coefficient (Wildman–Crippen LogP) is 3.00. The molecule has 0 aliphatic carbocycles. The molecule has 0 saturated carbocycles. The van der Waals surface area contributed by atoms with Crippen LogP contribution in [0, 0.1) is 5.82 Å². The summed E-state index contributed by atoms with van der Waals surface area (Å²) in [4.78, 5) is 2.32.